The lowest BCUT2D eigenvalue weighted by atomic mass is 10.2. The van der Waals surface area contributed by atoms with Gasteiger partial charge in [0.2, 0.25) is 5.91 Å². The zero-order valence-electron chi connectivity index (χ0n) is 7.56. The van der Waals surface area contributed by atoms with E-state index in [1.54, 1.807) is 0 Å². The molecule has 1 unspecified atom stereocenters. The van der Waals surface area contributed by atoms with Crippen LogP contribution in [-0.2, 0) is 9.59 Å². The summed E-state index contributed by atoms with van der Waals surface area (Å²) in [5.74, 6) is -1.26. The Kier molecular flexibility index (Phi) is 5.48. The molecule has 0 saturated heterocycles. The first-order chi connectivity index (χ1) is 6.00. The summed E-state index contributed by atoms with van der Waals surface area (Å²) in [6.07, 6.45) is 2.07. The molecule has 6 heteroatoms. The Morgan fingerprint density at radius 1 is 1.54 bits per heavy atom. The number of carboxylic acid groups (broad SMARTS) is 1. The normalized spacial score (nSPS) is 12.2. The highest BCUT2D eigenvalue weighted by Crippen LogP contribution is 2.06. The molecule has 1 amide bonds. The fourth-order valence-electron chi connectivity index (χ4n) is 0.799. The van der Waals surface area contributed by atoms with E-state index in [1.807, 2.05) is 6.26 Å². The smallest absolute Gasteiger partial charge is 0.329 e. The van der Waals surface area contributed by atoms with Crippen LogP contribution < -0.4 is 0 Å². The number of thioether (sulfide) groups is 1. The molecule has 0 heterocycles. The summed E-state index contributed by atoms with van der Waals surface area (Å²) in [5.41, 5.74) is 0. The van der Waals surface area contributed by atoms with Gasteiger partial charge in [-0.15, -0.1) is 0 Å². The zero-order valence-corrected chi connectivity index (χ0v) is 8.37. The van der Waals surface area contributed by atoms with Crippen LogP contribution in [0.3, 0.4) is 0 Å². The molecule has 1 atom stereocenters. The number of hydrogen-bond acceptors (Lipinski definition) is 4. The maximum Gasteiger partial charge on any atom is 0.329 e. The molecule has 0 radical (unpaired) electrons. The molecule has 0 spiro atoms. The highest BCUT2D eigenvalue weighted by Gasteiger charge is 2.25. The molecule has 0 saturated carbocycles. The number of carboxylic acids is 1. The summed E-state index contributed by atoms with van der Waals surface area (Å²) in [7, 11) is 0. The van der Waals surface area contributed by atoms with Crippen molar-refractivity contribution in [3.05, 3.63) is 0 Å². The van der Waals surface area contributed by atoms with Crippen LogP contribution in [0.4, 0.5) is 0 Å². The predicted octanol–water partition coefficient (Wildman–Crippen LogP) is 0.430. The lowest BCUT2D eigenvalue weighted by Gasteiger charge is -2.20. The Morgan fingerprint density at radius 3 is 2.38 bits per heavy atom. The van der Waals surface area contributed by atoms with E-state index in [1.165, 1.54) is 11.8 Å². The maximum atomic E-state index is 10.7. The summed E-state index contributed by atoms with van der Waals surface area (Å²) in [6.45, 7) is 1.12. The van der Waals surface area contributed by atoms with Crippen molar-refractivity contribution in [2.75, 3.05) is 12.0 Å². The molecule has 13 heavy (non-hydrogen) atoms. The number of amides is 1. The number of rotatable bonds is 5. The van der Waals surface area contributed by atoms with Gasteiger partial charge in [0.15, 0.2) is 6.04 Å². The van der Waals surface area contributed by atoms with Crippen LogP contribution >= 0.6 is 11.8 Å². The second-order valence-corrected chi connectivity index (χ2v) is 3.48. The first-order valence-electron chi connectivity index (χ1n) is 3.71. The Hall–Kier alpha value is -0.750. The third-order valence-corrected chi connectivity index (χ3v) is 2.14. The fraction of sp³-hybridized carbons (Fsp3) is 0.714. The largest absolute Gasteiger partial charge is 0.480 e. The van der Waals surface area contributed by atoms with Crippen molar-refractivity contribution in [1.29, 1.82) is 0 Å². The van der Waals surface area contributed by atoms with Crippen molar-refractivity contribution < 1.29 is 19.9 Å². The molecule has 0 aromatic rings. The van der Waals surface area contributed by atoms with Crippen molar-refractivity contribution in [2.45, 2.75) is 19.4 Å². The minimum absolute atomic E-state index is 0.243. The second-order valence-electron chi connectivity index (χ2n) is 2.50. The second kappa shape index (κ2) is 5.82. The maximum absolute atomic E-state index is 10.7. The molecule has 0 aliphatic rings. The van der Waals surface area contributed by atoms with Crippen molar-refractivity contribution in [1.82, 2.24) is 5.06 Å². The van der Waals surface area contributed by atoms with Crippen LogP contribution in [0.25, 0.3) is 0 Å². The van der Waals surface area contributed by atoms with Crippen molar-refractivity contribution in [3.63, 3.8) is 0 Å². The van der Waals surface area contributed by atoms with Gasteiger partial charge in [-0.25, -0.2) is 9.86 Å². The average molecular weight is 207 g/mol. The lowest BCUT2D eigenvalue weighted by molar-refractivity contribution is -0.184. The molecule has 2 N–H and O–H groups in total. The molecular formula is C7H13NO4S. The number of nitrogens with zero attached hydrogens (tertiary/aromatic N) is 1. The van der Waals surface area contributed by atoms with Crippen molar-refractivity contribution >= 4 is 23.6 Å². The quantitative estimate of drug-likeness (QED) is 0.505. The van der Waals surface area contributed by atoms with Gasteiger partial charge in [-0.2, -0.15) is 11.8 Å². The zero-order chi connectivity index (χ0) is 10.4. The first kappa shape index (κ1) is 12.2. The Morgan fingerprint density at radius 2 is 2.08 bits per heavy atom. The molecular weight excluding hydrogens is 194 g/mol. The molecule has 0 aliphatic heterocycles. The predicted molar refractivity (Wildman–Crippen MR) is 48.7 cm³/mol. The van der Waals surface area contributed by atoms with E-state index < -0.39 is 17.9 Å². The van der Waals surface area contributed by atoms with E-state index in [4.69, 9.17) is 10.3 Å². The minimum Gasteiger partial charge on any atom is -0.480 e. The summed E-state index contributed by atoms with van der Waals surface area (Å²) in [6, 6.07) is -1.13. The summed E-state index contributed by atoms with van der Waals surface area (Å²) >= 11 is 1.46. The highest BCUT2D eigenvalue weighted by molar-refractivity contribution is 7.98. The van der Waals surface area contributed by atoms with Gasteiger partial charge < -0.3 is 5.11 Å². The van der Waals surface area contributed by atoms with Crippen LogP contribution in [-0.4, -0.2) is 45.3 Å². The minimum atomic E-state index is -1.19. The Bertz CT molecular complexity index is 197. The third kappa shape index (κ3) is 4.14. The standard InChI is InChI=1S/C7H13NO4S/c1-5(9)8(12)6(7(10)11)3-4-13-2/h6,12H,3-4H2,1-2H3,(H,10,11). The van der Waals surface area contributed by atoms with E-state index in [0.29, 0.717) is 5.75 Å². The fourth-order valence-corrected chi connectivity index (χ4v) is 1.26. The van der Waals surface area contributed by atoms with Gasteiger partial charge in [0, 0.05) is 6.92 Å². The molecule has 5 nitrogen and oxygen atoms in total. The van der Waals surface area contributed by atoms with Crippen LogP contribution in [0.2, 0.25) is 0 Å². The van der Waals surface area contributed by atoms with Crippen LogP contribution in [0.15, 0.2) is 0 Å². The van der Waals surface area contributed by atoms with Gasteiger partial charge >= 0.3 is 5.97 Å². The number of aliphatic carboxylic acids is 1. The molecule has 0 aromatic carbocycles. The van der Waals surface area contributed by atoms with Gasteiger partial charge in [-0.05, 0) is 18.4 Å². The monoisotopic (exact) mass is 207 g/mol. The molecule has 0 rings (SSSR count). The van der Waals surface area contributed by atoms with Gasteiger partial charge in [0.05, 0.1) is 0 Å². The Labute approximate surface area is 80.7 Å². The molecule has 0 bridgehead atoms. The number of carbonyl (C=O) groups is 2. The number of hydroxylamine groups is 2. The van der Waals surface area contributed by atoms with E-state index in [-0.39, 0.29) is 11.5 Å². The number of hydrogen-bond donors (Lipinski definition) is 2. The van der Waals surface area contributed by atoms with Crippen LogP contribution in [0, 0.1) is 0 Å². The average Bonchev–Trinajstić information content (AvgIpc) is 2.04. The SMILES string of the molecule is CSCCC(C(=O)O)N(O)C(C)=O. The molecule has 0 aliphatic carbocycles. The van der Waals surface area contributed by atoms with Crippen LogP contribution in [0.5, 0.6) is 0 Å². The number of carbonyl (C=O) groups excluding carboxylic acids is 1. The van der Waals surface area contributed by atoms with Gasteiger partial charge in [0.25, 0.3) is 0 Å². The molecule has 76 valence electrons. The lowest BCUT2D eigenvalue weighted by Crippen LogP contribution is -2.42. The third-order valence-electron chi connectivity index (χ3n) is 1.50. The van der Waals surface area contributed by atoms with Gasteiger partial charge in [-0.1, -0.05) is 0 Å². The van der Waals surface area contributed by atoms with Gasteiger partial charge in [0.1, 0.15) is 0 Å². The summed E-state index contributed by atoms with van der Waals surface area (Å²) in [4.78, 5) is 21.2. The molecule has 0 fully saturated rings. The van der Waals surface area contributed by atoms with Crippen molar-refractivity contribution in [2.24, 2.45) is 0 Å². The Balaban J connectivity index is 4.24. The topological polar surface area (TPSA) is 77.8 Å². The summed E-state index contributed by atoms with van der Waals surface area (Å²) < 4.78 is 0. The molecule has 0 aromatic heterocycles. The van der Waals surface area contributed by atoms with Gasteiger partial charge in [-0.3, -0.25) is 10.0 Å². The first-order valence-corrected chi connectivity index (χ1v) is 5.10. The van der Waals surface area contributed by atoms with Crippen molar-refractivity contribution in [3.8, 4) is 0 Å². The van der Waals surface area contributed by atoms with E-state index >= 15 is 0 Å². The highest BCUT2D eigenvalue weighted by atomic mass is 32.2. The van der Waals surface area contributed by atoms with E-state index in [0.717, 1.165) is 6.92 Å². The summed E-state index contributed by atoms with van der Waals surface area (Å²) in [5, 5.41) is 18.0. The van der Waals surface area contributed by atoms with E-state index in [9.17, 15) is 9.59 Å². The van der Waals surface area contributed by atoms with Crippen LogP contribution in [0.1, 0.15) is 13.3 Å². The van der Waals surface area contributed by atoms with E-state index in [2.05, 4.69) is 0 Å².